The van der Waals surface area contributed by atoms with E-state index in [0.29, 0.717) is 48.8 Å². The molecular weight excluding hydrogens is 461 g/mol. The smallest absolute Gasteiger partial charge is 0.258 e. The maximum absolute atomic E-state index is 15.6. The molecule has 1 saturated carbocycles. The van der Waals surface area contributed by atoms with Crippen LogP contribution in [0.3, 0.4) is 0 Å². The van der Waals surface area contributed by atoms with Gasteiger partial charge in [0.2, 0.25) is 0 Å². The van der Waals surface area contributed by atoms with E-state index < -0.39 is 22.7 Å². The highest BCUT2D eigenvalue weighted by atomic mass is 35.5. The first-order valence-electron chi connectivity index (χ1n) is 10.9. The lowest BCUT2D eigenvalue weighted by atomic mass is 9.79. The van der Waals surface area contributed by atoms with Crippen LogP contribution in [-0.2, 0) is 12.0 Å². The third kappa shape index (κ3) is 3.48. The van der Waals surface area contributed by atoms with Crippen molar-refractivity contribution in [2.45, 2.75) is 36.8 Å². The lowest BCUT2D eigenvalue weighted by Gasteiger charge is -2.28. The van der Waals surface area contributed by atoms with Gasteiger partial charge in [-0.3, -0.25) is 9.48 Å². The van der Waals surface area contributed by atoms with E-state index in [1.165, 1.54) is 43.7 Å². The molecule has 0 unspecified atom stereocenters. The number of hydrogen-bond acceptors (Lipinski definition) is 7. The van der Waals surface area contributed by atoms with Crippen molar-refractivity contribution in [3.63, 3.8) is 0 Å². The molecule has 1 aliphatic heterocycles. The van der Waals surface area contributed by atoms with Crippen LogP contribution < -0.4 is 11.1 Å². The molecule has 2 atom stereocenters. The van der Waals surface area contributed by atoms with Crippen molar-refractivity contribution in [3.05, 3.63) is 53.0 Å². The number of carbonyl (C=O) groups excluding carboxylic acids is 1. The Balaban J connectivity index is 1.56. The molecule has 2 aromatic heterocycles. The second-order valence-corrected chi connectivity index (χ2v) is 9.81. The standard InChI is InChI=1S/C23H25ClFN7O2/c1-31(2)21(33)16-15(26)4-3-13(19(16)25)14-7-28-20-17(18(14)24)22(9-29-20)5-6-23(34,8-22)10-32-12-27-11-30-32/h3-4,7,11-12,34H,5-6,8-10,26H2,1-2H3,(H,28,29)/t22-,23+/m0/s1. The first-order valence-corrected chi connectivity index (χ1v) is 11.3. The fourth-order valence-corrected chi connectivity index (χ4v) is 5.71. The molecule has 1 amide bonds. The van der Waals surface area contributed by atoms with Crippen LogP contribution in [0.5, 0.6) is 0 Å². The molecule has 178 valence electrons. The largest absolute Gasteiger partial charge is 0.398 e. The van der Waals surface area contributed by atoms with E-state index in [4.69, 9.17) is 17.3 Å². The van der Waals surface area contributed by atoms with Crippen LogP contribution in [0.2, 0.25) is 5.02 Å². The summed E-state index contributed by atoms with van der Waals surface area (Å²) >= 11 is 6.92. The van der Waals surface area contributed by atoms with E-state index in [9.17, 15) is 9.90 Å². The number of hydrogen-bond donors (Lipinski definition) is 3. The lowest BCUT2D eigenvalue weighted by molar-refractivity contribution is 0.0210. The fraction of sp³-hybridized carbons (Fsp3) is 0.391. The maximum atomic E-state index is 15.6. The Morgan fingerprint density at radius 1 is 1.35 bits per heavy atom. The molecule has 0 saturated heterocycles. The molecular formula is C23H25ClFN7O2. The third-order valence-corrected chi connectivity index (χ3v) is 7.28. The second kappa shape index (κ2) is 7.92. The molecule has 9 nitrogen and oxygen atoms in total. The number of pyridine rings is 1. The number of aromatic nitrogens is 4. The Morgan fingerprint density at radius 2 is 2.15 bits per heavy atom. The summed E-state index contributed by atoms with van der Waals surface area (Å²) in [6.07, 6.45) is 6.18. The minimum absolute atomic E-state index is 0.0531. The number of fused-ring (bicyclic) bond motifs is 2. The van der Waals surface area contributed by atoms with Crippen molar-refractivity contribution in [3.8, 4) is 11.1 Å². The van der Waals surface area contributed by atoms with E-state index in [-0.39, 0.29) is 16.8 Å². The van der Waals surface area contributed by atoms with Gasteiger partial charge in [0.1, 0.15) is 24.3 Å². The molecule has 34 heavy (non-hydrogen) atoms. The number of aliphatic hydroxyl groups is 1. The van der Waals surface area contributed by atoms with Crippen LogP contribution >= 0.6 is 11.6 Å². The van der Waals surface area contributed by atoms with Crippen molar-refractivity contribution < 1.29 is 14.3 Å². The Bertz CT molecular complexity index is 1280. The molecule has 2 aliphatic rings. The number of nitrogens with one attached hydrogen (secondary N) is 1. The van der Waals surface area contributed by atoms with E-state index in [0.717, 1.165) is 5.56 Å². The van der Waals surface area contributed by atoms with Gasteiger partial charge in [-0.2, -0.15) is 5.10 Å². The van der Waals surface area contributed by atoms with Crippen molar-refractivity contribution in [1.82, 2.24) is 24.6 Å². The van der Waals surface area contributed by atoms with Crippen molar-refractivity contribution in [2.75, 3.05) is 31.7 Å². The molecule has 1 aromatic carbocycles. The monoisotopic (exact) mass is 485 g/mol. The number of benzene rings is 1. The van der Waals surface area contributed by atoms with Gasteiger partial charge >= 0.3 is 0 Å². The quantitative estimate of drug-likeness (QED) is 0.485. The SMILES string of the molecule is CN(C)C(=O)c1c(N)ccc(-c2cnc3c(c2Cl)[C@]2(CC[C@](O)(Cn4cncn4)C2)CN3)c1F. The highest BCUT2D eigenvalue weighted by Crippen LogP contribution is 2.55. The number of amides is 1. The van der Waals surface area contributed by atoms with E-state index in [1.54, 1.807) is 11.0 Å². The maximum Gasteiger partial charge on any atom is 0.258 e. The molecule has 5 rings (SSSR count). The van der Waals surface area contributed by atoms with Crippen molar-refractivity contribution in [2.24, 2.45) is 0 Å². The second-order valence-electron chi connectivity index (χ2n) is 9.43. The van der Waals surface area contributed by atoms with Gasteiger partial charge in [0.25, 0.3) is 5.91 Å². The van der Waals surface area contributed by atoms with E-state index in [1.807, 2.05) is 0 Å². The summed E-state index contributed by atoms with van der Waals surface area (Å²) in [6.45, 7) is 0.879. The lowest BCUT2D eigenvalue weighted by Crippen LogP contribution is -2.35. The van der Waals surface area contributed by atoms with Gasteiger partial charge in [0, 0.05) is 54.6 Å². The number of halogens is 2. The van der Waals surface area contributed by atoms with Crippen LogP contribution in [0.25, 0.3) is 11.1 Å². The number of anilines is 2. The van der Waals surface area contributed by atoms with Gasteiger partial charge in [-0.25, -0.2) is 14.4 Å². The van der Waals surface area contributed by atoms with Crippen LogP contribution in [0.15, 0.2) is 31.0 Å². The molecule has 0 bridgehead atoms. The number of nitrogen functional groups attached to an aromatic ring is 1. The summed E-state index contributed by atoms with van der Waals surface area (Å²) in [5.74, 6) is -0.648. The Kier molecular flexibility index (Phi) is 5.25. The van der Waals surface area contributed by atoms with Gasteiger partial charge in [-0.15, -0.1) is 0 Å². The predicted molar refractivity (Wildman–Crippen MR) is 126 cm³/mol. The molecule has 1 fully saturated rings. The predicted octanol–water partition coefficient (Wildman–Crippen LogP) is 2.70. The third-order valence-electron chi connectivity index (χ3n) is 6.88. The molecule has 4 N–H and O–H groups in total. The minimum Gasteiger partial charge on any atom is -0.398 e. The zero-order valence-electron chi connectivity index (χ0n) is 18.8. The average Bonchev–Trinajstić information content (AvgIpc) is 3.50. The molecule has 0 radical (unpaired) electrons. The summed E-state index contributed by atoms with van der Waals surface area (Å²) in [4.78, 5) is 22.3. The number of rotatable bonds is 4. The Morgan fingerprint density at radius 3 is 2.85 bits per heavy atom. The first kappa shape index (κ1) is 22.5. The zero-order chi connectivity index (χ0) is 24.3. The Hall–Kier alpha value is -3.24. The van der Waals surface area contributed by atoms with E-state index >= 15 is 4.39 Å². The highest BCUT2D eigenvalue weighted by Gasteiger charge is 2.53. The van der Waals surface area contributed by atoms with Crippen LogP contribution in [0.1, 0.15) is 35.2 Å². The summed E-state index contributed by atoms with van der Waals surface area (Å²) in [7, 11) is 3.07. The summed E-state index contributed by atoms with van der Waals surface area (Å²) in [6, 6.07) is 3.01. The number of nitrogens with two attached hydrogens (primary N) is 1. The minimum atomic E-state index is -0.992. The molecule has 3 heterocycles. The van der Waals surface area contributed by atoms with Crippen LogP contribution in [0, 0.1) is 5.82 Å². The van der Waals surface area contributed by atoms with Crippen LogP contribution in [0.4, 0.5) is 15.9 Å². The summed E-state index contributed by atoms with van der Waals surface area (Å²) in [5, 5.41) is 19.1. The van der Waals surface area contributed by atoms with Gasteiger partial charge in [-0.1, -0.05) is 11.6 Å². The van der Waals surface area contributed by atoms with Gasteiger partial charge < -0.3 is 21.1 Å². The first-order chi connectivity index (χ1) is 16.1. The van der Waals surface area contributed by atoms with Crippen LogP contribution in [-0.4, -0.2) is 61.9 Å². The number of carbonyl (C=O) groups is 1. The molecule has 1 aliphatic carbocycles. The van der Waals surface area contributed by atoms with Crippen molar-refractivity contribution in [1.29, 1.82) is 0 Å². The number of nitrogens with zero attached hydrogens (tertiary/aromatic N) is 5. The van der Waals surface area contributed by atoms with Gasteiger partial charge in [-0.05, 0) is 31.4 Å². The van der Waals surface area contributed by atoms with E-state index in [2.05, 4.69) is 20.4 Å². The molecule has 11 heteroatoms. The Labute approximate surface area is 200 Å². The molecule has 1 spiro atoms. The van der Waals surface area contributed by atoms with Crippen molar-refractivity contribution >= 4 is 29.0 Å². The molecule has 3 aromatic rings. The zero-order valence-corrected chi connectivity index (χ0v) is 19.6. The van der Waals surface area contributed by atoms with Gasteiger partial charge in [0.15, 0.2) is 0 Å². The topological polar surface area (TPSA) is 122 Å². The highest BCUT2D eigenvalue weighted by molar-refractivity contribution is 6.34. The average molecular weight is 486 g/mol. The fourth-order valence-electron chi connectivity index (χ4n) is 5.27. The summed E-state index contributed by atoms with van der Waals surface area (Å²) in [5.41, 5.74) is 5.62. The summed E-state index contributed by atoms with van der Waals surface area (Å²) < 4.78 is 17.2. The van der Waals surface area contributed by atoms with Gasteiger partial charge in [0.05, 0.1) is 22.7 Å². The normalized spacial score (nSPS) is 23.2.